The van der Waals surface area contributed by atoms with Crippen LogP contribution in [0.5, 0.6) is 0 Å². The molecule has 0 unspecified atom stereocenters. The molecule has 23 heavy (non-hydrogen) atoms. The van der Waals surface area contributed by atoms with E-state index in [1.165, 1.54) is 43.6 Å². The van der Waals surface area contributed by atoms with E-state index in [0.717, 1.165) is 11.4 Å². The van der Waals surface area contributed by atoms with Crippen LogP contribution in [0.25, 0.3) is 10.7 Å². The van der Waals surface area contributed by atoms with Crippen LogP contribution < -0.4 is 0 Å². The number of carbonyl (C=O) groups excluding carboxylic acids is 1. The van der Waals surface area contributed by atoms with Crippen LogP contribution in [0.2, 0.25) is 0 Å². The van der Waals surface area contributed by atoms with Gasteiger partial charge in [-0.25, -0.2) is 4.79 Å². The summed E-state index contributed by atoms with van der Waals surface area (Å²) >= 11 is 1.65. The van der Waals surface area contributed by atoms with Crippen molar-refractivity contribution in [2.75, 3.05) is 19.7 Å². The maximum atomic E-state index is 11.6. The number of likely N-dealkylation sites (tertiary alicyclic amines) is 1. The number of thiophene rings is 1. The largest absolute Gasteiger partial charge is 0.459 e. The van der Waals surface area contributed by atoms with E-state index in [0.29, 0.717) is 5.82 Å². The fraction of sp³-hybridized carbons (Fsp3) is 0.562. The Labute approximate surface area is 139 Å². The van der Waals surface area contributed by atoms with Crippen molar-refractivity contribution >= 4 is 17.3 Å². The first-order chi connectivity index (χ1) is 11.3. The fourth-order valence-corrected chi connectivity index (χ4v) is 3.67. The Bertz CT molecular complexity index is 645. The lowest BCUT2D eigenvalue weighted by Crippen LogP contribution is -2.23. The molecule has 0 radical (unpaired) electrons. The van der Waals surface area contributed by atoms with Crippen LogP contribution >= 0.6 is 11.3 Å². The molecule has 1 aliphatic heterocycles. The van der Waals surface area contributed by atoms with Crippen LogP contribution in [-0.2, 0) is 11.3 Å². The number of hydrogen-bond acceptors (Lipinski definition) is 7. The normalized spacial score (nSPS) is 16.2. The lowest BCUT2D eigenvalue weighted by Gasteiger charge is -2.18. The maximum absolute atomic E-state index is 11.6. The van der Waals surface area contributed by atoms with E-state index in [4.69, 9.17) is 9.26 Å². The Morgan fingerprint density at radius 3 is 2.83 bits per heavy atom. The summed E-state index contributed by atoms with van der Waals surface area (Å²) in [6.45, 7) is 5.33. The molecular weight excluding hydrogens is 314 g/mol. The van der Waals surface area contributed by atoms with Crippen LogP contribution in [0.1, 0.15) is 48.2 Å². The van der Waals surface area contributed by atoms with Gasteiger partial charge in [-0.05, 0) is 45.0 Å². The van der Waals surface area contributed by atoms with Crippen molar-refractivity contribution in [2.24, 2.45) is 0 Å². The highest BCUT2D eigenvalue weighted by Gasteiger charge is 2.18. The van der Waals surface area contributed by atoms with Gasteiger partial charge in [-0.15, -0.1) is 11.3 Å². The standard InChI is InChI=1S/C16H21N3O3S/c1-2-21-16(20)15-17-14(18-22-15)13-8-7-12(23-13)11-19-9-5-3-4-6-10-19/h7-8H,2-6,9-11H2,1H3. The van der Waals surface area contributed by atoms with Gasteiger partial charge >= 0.3 is 11.9 Å². The third-order valence-electron chi connectivity index (χ3n) is 3.84. The number of carbonyl (C=O) groups is 1. The van der Waals surface area contributed by atoms with Crippen molar-refractivity contribution in [3.05, 3.63) is 22.9 Å². The van der Waals surface area contributed by atoms with E-state index in [1.807, 2.05) is 6.07 Å². The second-order valence-electron chi connectivity index (χ2n) is 5.60. The predicted octanol–water partition coefficient (Wildman–Crippen LogP) is 3.35. The van der Waals surface area contributed by atoms with Crippen molar-refractivity contribution < 1.29 is 14.1 Å². The van der Waals surface area contributed by atoms with Gasteiger partial charge in [0.05, 0.1) is 11.5 Å². The highest BCUT2D eigenvalue weighted by Crippen LogP contribution is 2.27. The zero-order chi connectivity index (χ0) is 16.1. The Morgan fingerprint density at radius 2 is 2.09 bits per heavy atom. The third-order valence-corrected chi connectivity index (χ3v) is 4.90. The topological polar surface area (TPSA) is 68.5 Å². The van der Waals surface area contributed by atoms with E-state index in [9.17, 15) is 4.79 Å². The predicted molar refractivity (Wildman–Crippen MR) is 87.3 cm³/mol. The molecule has 0 bridgehead atoms. The molecule has 0 atom stereocenters. The summed E-state index contributed by atoms with van der Waals surface area (Å²) in [6.07, 6.45) is 5.25. The molecule has 0 spiro atoms. The number of esters is 1. The van der Waals surface area contributed by atoms with Crippen molar-refractivity contribution in [3.8, 4) is 10.7 Å². The highest BCUT2D eigenvalue weighted by molar-refractivity contribution is 7.15. The zero-order valence-corrected chi connectivity index (χ0v) is 14.1. The number of hydrogen-bond donors (Lipinski definition) is 0. The van der Waals surface area contributed by atoms with E-state index in [1.54, 1.807) is 18.3 Å². The summed E-state index contributed by atoms with van der Waals surface area (Å²) in [4.78, 5) is 20.4. The molecule has 0 aliphatic carbocycles. The van der Waals surface area contributed by atoms with Gasteiger partial charge < -0.3 is 9.26 Å². The average Bonchev–Trinajstić information content (AvgIpc) is 3.13. The van der Waals surface area contributed by atoms with Gasteiger partial charge in [0.25, 0.3) is 0 Å². The number of ether oxygens (including phenoxy) is 1. The molecule has 2 aromatic rings. The first kappa shape index (κ1) is 16.1. The molecular formula is C16H21N3O3S. The zero-order valence-electron chi connectivity index (χ0n) is 13.3. The maximum Gasteiger partial charge on any atom is 0.397 e. The smallest absolute Gasteiger partial charge is 0.397 e. The van der Waals surface area contributed by atoms with Crippen molar-refractivity contribution in [1.29, 1.82) is 0 Å². The van der Waals surface area contributed by atoms with Crippen LogP contribution in [0.3, 0.4) is 0 Å². The van der Waals surface area contributed by atoms with Crippen LogP contribution in [0.4, 0.5) is 0 Å². The molecule has 124 valence electrons. The molecule has 0 aromatic carbocycles. The molecule has 7 heteroatoms. The molecule has 0 saturated carbocycles. The Balaban J connectivity index is 1.65. The minimum atomic E-state index is -0.576. The first-order valence-electron chi connectivity index (χ1n) is 8.08. The highest BCUT2D eigenvalue weighted by atomic mass is 32.1. The van der Waals surface area contributed by atoms with E-state index in [2.05, 4.69) is 21.1 Å². The summed E-state index contributed by atoms with van der Waals surface area (Å²) in [5, 5.41) is 3.87. The molecule has 3 heterocycles. The summed E-state index contributed by atoms with van der Waals surface area (Å²) < 4.78 is 9.83. The lowest BCUT2D eigenvalue weighted by atomic mass is 10.2. The average molecular weight is 335 g/mol. The van der Waals surface area contributed by atoms with Crippen molar-refractivity contribution in [1.82, 2.24) is 15.0 Å². The van der Waals surface area contributed by atoms with Crippen LogP contribution in [0, 0.1) is 0 Å². The van der Waals surface area contributed by atoms with E-state index >= 15 is 0 Å². The van der Waals surface area contributed by atoms with Gasteiger partial charge in [0.15, 0.2) is 0 Å². The molecule has 1 aliphatic rings. The monoisotopic (exact) mass is 335 g/mol. The summed E-state index contributed by atoms with van der Waals surface area (Å²) in [7, 11) is 0. The minimum Gasteiger partial charge on any atom is -0.459 e. The Kier molecular flexibility index (Phi) is 5.40. The molecule has 3 rings (SSSR count). The number of nitrogens with zero attached hydrogens (tertiary/aromatic N) is 3. The summed E-state index contributed by atoms with van der Waals surface area (Å²) in [6, 6.07) is 4.09. The molecule has 0 N–H and O–H groups in total. The van der Waals surface area contributed by atoms with E-state index in [-0.39, 0.29) is 12.5 Å². The Morgan fingerprint density at radius 1 is 1.30 bits per heavy atom. The second-order valence-corrected chi connectivity index (χ2v) is 6.77. The lowest BCUT2D eigenvalue weighted by molar-refractivity contribution is 0.0470. The molecule has 6 nitrogen and oxygen atoms in total. The van der Waals surface area contributed by atoms with Crippen molar-refractivity contribution in [2.45, 2.75) is 39.2 Å². The van der Waals surface area contributed by atoms with Gasteiger partial charge in [0, 0.05) is 11.4 Å². The molecule has 1 saturated heterocycles. The summed E-state index contributed by atoms with van der Waals surface area (Å²) in [5.41, 5.74) is 0. The van der Waals surface area contributed by atoms with Gasteiger partial charge in [0.2, 0.25) is 5.82 Å². The van der Waals surface area contributed by atoms with Crippen molar-refractivity contribution in [3.63, 3.8) is 0 Å². The van der Waals surface area contributed by atoms with Gasteiger partial charge in [-0.1, -0.05) is 18.0 Å². The van der Waals surface area contributed by atoms with Gasteiger partial charge in [-0.2, -0.15) is 4.98 Å². The fourth-order valence-electron chi connectivity index (χ4n) is 2.70. The molecule has 1 fully saturated rings. The van der Waals surface area contributed by atoms with Gasteiger partial charge in [0.1, 0.15) is 0 Å². The summed E-state index contributed by atoms with van der Waals surface area (Å²) in [5.74, 6) is -0.225. The first-order valence-corrected chi connectivity index (χ1v) is 8.90. The van der Waals surface area contributed by atoms with E-state index < -0.39 is 5.97 Å². The minimum absolute atomic E-state index is 0.0932. The molecule has 0 amide bonds. The van der Waals surface area contributed by atoms with Gasteiger partial charge in [-0.3, -0.25) is 4.90 Å². The number of aromatic nitrogens is 2. The van der Waals surface area contributed by atoms with Crippen LogP contribution in [0.15, 0.2) is 16.7 Å². The third kappa shape index (κ3) is 4.17. The quantitative estimate of drug-likeness (QED) is 0.781. The molecule has 2 aromatic heterocycles. The number of rotatable bonds is 5. The Hall–Kier alpha value is -1.73. The SMILES string of the molecule is CCOC(=O)c1nc(-c2ccc(CN3CCCCCC3)s2)no1. The van der Waals surface area contributed by atoms with Crippen LogP contribution in [-0.4, -0.2) is 40.7 Å². The second kappa shape index (κ2) is 7.70.